The molecule has 0 aromatic carbocycles. The molecule has 0 aromatic rings. The van der Waals surface area contributed by atoms with Gasteiger partial charge >= 0.3 is 8.56 Å². The molecule has 2 N–H and O–H groups in total. The van der Waals surface area contributed by atoms with E-state index in [-0.39, 0.29) is 12.5 Å². The molecular formula is C6H16O4Si. The summed E-state index contributed by atoms with van der Waals surface area (Å²) >= 11 is 0. The second-order valence-corrected chi connectivity index (χ2v) is 5.12. The largest absolute Gasteiger partial charge is 0.394 e. The molecule has 0 amide bonds. The van der Waals surface area contributed by atoms with Gasteiger partial charge in [-0.3, -0.25) is 0 Å². The van der Waals surface area contributed by atoms with E-state index in [1.807, 2.05) is 13.8 Å². The minimum atomic E-state index is -2.63. The smallest absolute Gasteiger partial charge is 0.390 e. The molecule has 0 rings (SSSR count). The lowest BCUT2D eigenvalue weighted by Gasteiger charge is -2.25. The molecule has 0 spiro atoms. The third-order valence-corrected chi connectivity index (χ3v) is 3.89. The number of aliphatic hydroxyl groups excluding tert-OH is 2. The lowest BCUT2D eigenvalue weighted by molar-refractivity contribution is 0.127. The summed E-state index contributed by atoms with van der Waals surface area (Å²) in [5.74, 6) is 0. The molecule has 0 atom stereocenters. The van der Waals surface area contributed by atoms with Crippen molar-refractivity contribution in [2.75, 3.05) is 25.7 Å². The summed E-state index contributed by atoms with van der Waals surface area (Å²) in [5, 5.41) is 17.8. The summed E-state index contributed by atoms with van der Waals surface area (Å²) in [4.78, 5) is 0. The first kappa shape index (κ1) is 11.1. The molecular weight excluding hydrogens is 164 g/mol. The highest BCUT2D eigenvalue weighted by atomic mass is 28.4. The summed E-state index contributed by atoms with van der Waals surface area (Å²) in [6.07, 6.45) is -0.379. The first-order chi connectivity index (χ1) is 5.24. The van der Waals surface area contributed by atoms with E-state index < -0.39 is 8.56 Å². The fraction of sp³-hybridized carbons (Fsp3) is 1.00. The van der Waals surface area contributed by atoms with E-state index in [4.69, 9.17) is 19.1 Å². The molecule has 0 fully saturated rings. The Balaban J connectivity index is 3.96. The van der Waals surface area contributed by atoms with Gasteiger partial charge in [0, 0.05) is 13.2 Å². The molecule has 0 saturated carbocycles. The number of aliphatic hydroxyl groups is 2. The first-order valence-corrected chi connectivity index (χ1v) is 5.97. The van der Waals surface area contributed by atoms with Crippen molar-refractivity contribution in [1.29, 1.82) is 0 Å². The topological polar surface area (TPSA) is 58.9 Å². The Morgan fingerprint density at radius 3 is 1.55 bits per heavy atom. The zero-order valence-corrected chi connectivity index (χ0v) is 8.04. The molecule has 0 aliphatic heterocycles. The zero-order chi connectivity index (χ0) is 8.74. The van der Waals surface area contributed by atoms with Gasteiger partial charge in [0.05, 0.1) is 12.5 Å². The van der Waals surface area contributed by atoms with Crippen LogP contribution in [0.5, 0.6) is 0 Å². The van der Waals surface area contributed by atoms with E-state index in [9.17, 15) is 0 Å². The van der Waals surface area contributed by atoms with Crippen LogP contribution in [0.2, 0.25) is 0 Å². The predicted molar refractivity (Wildman–Crippen MR) is 43.2 cm³/mol. The molecule has 68 valence electrons. The Kier molecular flexibility index (Phi) is 5.70. The SMILES string of the molecule is CCO[Si](CO)(CO)OCC. The van der Waals surface area contributed by atoms with Crippen molar-refractivity contribution < 1.29 is 19.1 Å². The van der Waals surface area contributed by atoms with Gasteiger partial charge in [0.15, 0.2) is 0 Å². The Bertz CT molecular complexity index is 86.6. The molecule has 4 nitrogen and oxygen atoms in total. The molecule has 0 bridgehead atoms. The second-order valence-electron chi connectivity index (χ2n) is 2.09. The molecule has 11 heavy (non-hydrogen) atoms. The van der Waals surface area contributed by atoms with Crippen LogP contribution in [0.15, 0.2) is 0 Å². The van der Waals surface area contributed by atoms with Crippen molar-refractivity contribution in [1.82, 2.24) is 0 Å². The van der Waals surface area contributed by atoms with Crippen LogP contribution in [-0.2, 0) is 8.85 Å². The van der Waals surface area contributed by atoms with E-state index in [1.54, 1.807) is 0 Å². The summed E-state index contributed by atoms with van der Waals surface area (Å²) in [6.45, 7) is 4.55. The lowest BCUT2D eigenvalue weighted by atomic mass is 10.9. The van der Waals surface area contributed by atoms with Crippen molar-refractivity contribution in [3.05, 3.63) is 0 Å². The zero-order valence-electron chi connectivity index (χ0n) is 7.04. The Hall–Kier alpha value is 0.0569. The van der Waals surface area contributed by atoms with Crippen molar-refractivity contribution in [2.24, 2.45) is 0 Å². The van der Waals surface area contributed by atoms with Gasteiger partial charge in [-0.15, -0.1) is 0 Å². The molecule has 0 unspecified atom stereocenters. The van der Waals surface area contributed by atoms with Crippen LogP contribution < -0.4 is 0 Å². The highest BCUT2D eigenvalue weighted by Gasteiger charge is 2.35. The maximum absolute atomic E-state index is 8.89. The average molecular weight is 180 g/mol. The highest BCUT2D eigenvalue weighted by molar-refractivity contribution is 6.67. The van der Waals surface area contributed by atoms with Crippen molar-refractivity contribution in [3.8, 4) is 0 Å². The van der Waals surface area contributed by atoms with Gasteiger partial charge < -0.3 is 19.1 Å². The van der Waals surface area contributed by atoms with Crippen LogP contribution in [0.1, 0.15) is 13.8 Å². The standard InChI is InChI=1S/C6H16O4Si/c1-3-9-11(5-7,6-8)10-4-2/h7-8H,3-6H2,1-2H3. The number of hydrogen-bond acceptors (Lipinski definition) is 4. The Morgan fingerprint density at radius 1 is 1.00 bits per heavy atom. The van der Waals surface area contributed by atoms with Gasteiger partial charge in [0.25, 0.3) is 0 Å². The van der Waals surface area contributed by atoms with Crippen molar-refractivity contribution >= 4 is 8.56 Å². The average Bonchev–Trinajstić information content (AvgIpc) is 2.04. The minimum Gasteiger partial charge on any atom is -0.394 e. The summed E-state index contributed by atoms with van der Waals surface area (Å²) in [6, 6.07) is 0. The molecule has 0 saturated heterocycles. The molecule has 0 heterocycles. The third-order valence-electron chi connectivity index (χ3n) is 1.30. The molecule has 0 aliphatic carbocycles. The predicted octanol–water partition coefficient (Wildman–Crippen LogP) is -0.435. The van der Waals surface area contributed by atoms with Crippen molar-refractivity contribution in [2.45, 2.75) is 13.8 Å². The van der Waals surface area contributed by atoms with Crippen LogP contribution in [-0.4, -0.2) is 44.4 Å². The van der Waals surface area contributed by atoms with E-state index in [0.717, 1.165) is 0 Å². The van der Waals surface area contributed by atoms with Gasteiger partial charge in [-0.2, -0.15) is 0 Å². The quantitative estimate of drug-likeness (QED) is 0.544. The van der Waals surface area contributed by atoms with E-state index >= 15 is 0 Å². The van der Waals surface area contributed by atoms with E-state index in [0.29, 0.717) is 13.2 Å². The minimum absolute atomic E-state index is 0.189. The fourth-order valence-electron chi connectivity index (χ4n) is 0.800. The fourth-order valence-corrected chi connectivity index (χ4v) is 2.40. The van der Waals surface area contributed by atoms with Crippen LogP contribution in [0.3, 0.4) is 0 Å². The van der Waals surface area contributed by atoms with E-state index in [2.05, 4.69) is 0 Å². The maximum atomic E-state index is 8.89. The van der Waals surface area contributed by atoms with Gasteiger partial charge in [0.2, 0.25) is 0 Å². The van der Waals surface area contributed by atoms with Crippen LogP contribution >= 0.6 is 0 Å². The van der Waals surface area contributed by atoms with Crippen molar-refractivity contribution in [3.63, 3.8) is 0 Å². The lowest BCUT2D eigenvalue weighted by Crippen LogP contribution is -2.50. The van der Waals surface area contributed by atoms with Gasteiger partial charge in [-0.05, 0) is 13.8 Å². The van der Waals surface area contributed by atoms with Gasteiger partial charge in [-0.1, -0.05) is 0 Å². The molecule has 0 radical (unpaired) electrons. The van der Waals surface area contributed by atoms with Gasteiger partial charge in [-0.25, -0.2) is 0 Å². The number of hydrogen-bond donors (Lipinski definition) is 2. The molecule has 0 aliphatic rings. The normalized spacial score (nSPS) is 12.0. The Morgan fingerprint density at radius 2 is 1.36 bits per heavy atom. The van der Waals surface area contributed by atoms with Crippen LogP contribution in [0.25, 0.3) is 0 Å². The Labute approximate surface area is 68.0 Å². The van der Waals surface area contributed by atoms with Crippen LogP contribution in [0, 0.1) is 0 Å². The summed E-state index contributed by atoms with van der Waals surface area (Å²) in [5.41, 5.74) is 0. The van der Waals surface area contributed by atoms with Crippen LogP contribution in [0.4, 0.5) is 0 Å². The molecule has 0 aromatic heterocycles. The third kappa shape index (κ3) is 3.30. The summed E-state index contributed by atoms with van der Waals surface area (Å²) < 4.78 is 10.4. The highest BCUT2D eigenvalue weighted by Crippen LogP contribution is 2.04. The molecule has 5 heteroatoms. The first-order valence-electron chi connectivity index (χ1n) is 3.74. The number of rotatable bonds is 6. The maximum Gasteiger partial charge on any atom is 0.390 e. The van der Waals surface area contributed by atoms with E-state index in [1.165, 1.54) is 0 Å². The monoisotopic (exact) mass is 180 g/mol. The van der Waals surface area contributed by atoms with Gasteiger partial charge in [0.1, 0.15) is 0 Å². The second kappa shape index (κ2) is 5.67. The summed E-state index contributed by atoms with van der Waals surface area (Å²) in [7, 11) is -2.63.